The molecule has 0 amide bonds. The van der Waals surface area contributed by atoms with Gasteiger partial charge in [0.05, 0.1) is 6.61 Å². The second-order valence-electron chi connectivity index (χ2n) is 3.40. The second-order valence-corrected chi connectivity index (χ2v) is 3.40. The van der Waals surface area contributed by atoms with Gasteiger partial charge in [0.15, 0.2) is 0 Å². The van der Waals surface area contributed by atoms with Crippen LogP contribution in [0.1, 0.15) is 5.56 Å². The maximum atomic E-state index is 9.02. The van der Waals surface area contributed by atoms with E-state index in [9.17, 15) is 0 Å². The summed E-state index contributed by atoms with van der Waals surface area (Å²) in [6, 6.07) is 8.92. The first kappa shape index (κ1) is 11.3. The summed E-state index contributed by atoms with van der Waals surface area (Å²) in [5, 5.41) is 11.9. The molecule has 0 unspecified atom stereocenters. The lowest BCUT2D eigenvalue weighted by Crippen LogP contribution is -1.95. The molecule has 0 bridgehead atoms. The Morgan fingerprint density at radius 1 is 1.29 bits per heavy atom. The SMILES string of the molecule is CNc1cc(Oc2cccc(CO)c2)ncn1. The Kier molecular flexibility index (Phi) is 3.52. The summed E-state index contributed by atoms with van der Waals surface area (Å²) >= 11 is 0. The van der Waals surface area contributed by atoms with Crippen molar-refractivity contribution in [1.29, 1.82) is 0 Å². The molecule has 0 aliphatic heterocycles. The highest BCUT2D eigenvalue weighted by Crippen LogP contribution is 2.21. The molecule has 17 heavy (non-hydrogen) atoms. The van der Waals surface area contributed by atoms with Crippen LogP contribution in [0, 0.1) is 0 Å². The number of hydrogen-bond donors (Lipinski definition) is 2. The average molecular weight is 231 g/mol. The standard InChI is InChI=1S/C12H13N3O2/c1-13-11-6-12(15-8-14-11)17-10-4-2-3-9(5-10)7-16/h2-6,8,16H,7H2,1H3,(H,13,14,15). The number of ether oxygens (including phenoxy) is 1. The van der Waals surface area contributed by atoms with E-state index >= 15 is 0 Å². The Morgan fingerprint density at radius 3 is 2.94 bits per heavy atom. The molecule has 2 aromatic rings. The summed E-state index contributed by atoms with van der Waals surface area (Å²) in [7, 11) is 1.78. The Labute approximate surface area is 99.1 Å². The van der Waals surface area contributed by atoms with Crippen molar-refractivity contribution in [1.82, 2.24) is 9.97 Å². The van der Waals surface area contributed by atoms with Crippen molar-refractivity contribution in [2.24, 2.45) is 0 Å². The first-order valence-corrected chi connectivity index (χ1v) is 5.19. The number of nitrogens with one attached hydrogen (secondary N) is 1. The van der Waals surface area contributed by atoms with Gasteiger partial charge in [-0.25, -0.2) is 9.97 Å². The van der Waals surface area contributed by atoms with Crippen molar-refractivity contribution in [2.75, 3.05) is 12.4 Å². The molecular weight excluding hydrogens is 218 g/mol. The Hall–Kier alpha value is -2.14. The summed E-state index contributed by atoms with van der Waals surface area (Å²) in [5.41, 5.74) is 0.797. The van der Waals surface area contributed by atoms with E-state index in [2.05, 4.69) is 15.3 Å². The molecule has 0 fully saturated rings. The fourth-order valence-electron chi connectivity index (χ4n) is 1.36. The molecule has 0 aliphatic carbocycles. The van der Waals surface area contributed by atoms with E-state index in [1.165, 1.54) is 6.33 Å². The summed E-state index contributed by atoms with van der Waals surface area (Å²) < 4.78 is 5.56. The number of anilines is 1. The van der Waals surface area contributed by atoms with Gasteiger partial charge in [-0.15, -0.1) is 0 Å². The van der Waals surface area contributed by atoms with E-state index < -0.39 is 0 Å². The largest absolute Gasteiger partial charge is 0.439 e. The van der Waals surface area contributed by atoms with E-state index in [1.807, 2.05) is 12.1 Å². The third-order valence-corrected chi connectivity index (χ3v) is 2.20. The lowest BCUT2D eigenvalue weighted by atomic mass is 10.2. The highest BCUT2D eigenvalue weighted by atomic mass is 16.5. The molecule has 0 aliphatic rings. The van der Waals surface area contributed by atoms with Crippen LogP contribution in [0.25, 0.3) is 0 Å². The van der Waals surface area contributed by atoms with Crippen molar-refractivity contribution in [3.63, 3.8) is 0 Å². The highest BCUT2D eigenvalue weighted by molar-refractivity contribution is 5.38. The van der Waals surface area contributed by atoms with Crippen LogP contribution in [0.15, 0.2) is 36.7 Å². The highest BCUT2D eigenvalue weighted by Gasteiger charge is 2.01. The molecule has 0 radical (unpaired) electrons. The van der Waals surface area contributed by atoms with Gasteiger partial charge >= 0.3 is 0 Å². The quantitative estimate of drug-likeness (QED) is 0.839. The third-order valence-electron chi connectivity index (χ3n) is 2.20. The first-order chi connectivity index (χ1) is 8.31. The average Bonchev–Trinajstić information content (AvgIpc) is 2.39. The fourth-order valence-corrected chi connectivity index (χ4v) is 1.36. The molecule has 0 saturated heterocycles. The van der Waals surface area contributed by atoms with Gasteiger partial charge in [-0.05, 0) is 17.7 Å². The molecule has 5 heteroatoms. The van der Waals surface area contributed by atoms with Crippen molar-refractivity contribution in [2.45, 2.75) is 6.61 Å². The fraction of sp³-hybridized carbons (Fsp3) is 0.167. The number of aliphatic hydroxyl groups excluding tert-OH is 1. The molecule has 1 aromatic carbocycles. The van der Waals surface area contributed by atoms with Gasteiger partial charge in [0.25, 0.3) is 0 Å². The summed E-state index contributed by atoms with van der Waals surface area (Å²) in [6.45, 7) is -0.0112. The third kappa shape index (κ3) is 2.92. The topological polar surface area (TPSA) is 67.3 Å². The zero-order valence-electron chi connectivity index (χ0n) is 9.42. The number of aromatic nitrogens is 2. The summed E-state index contributed by atoms with van der Waals surface area (Å²) in [6.07, 6.45) is 1.43. The lowest BCUT2D eigenvalue weighted by Gasteiger charge is -2.06. The molecule has 2 rings (SSSR count). The number of benzene rings is 1. The van der Waals surface area contributed by atoms with Crippen LogP contribution in [0.2, 0.25) is 0 Å². The molecule has 2 N–H and O–H groups in total. The maximum Gasteiger partial charge on any atom is 0.224 e. The molecular formula is C12H13N3O2. The number of hydrogen-bond acceptors (Lipinski definition) is 5. The van der Waals surface area contributed by atoms with E-state index in [0.29, 0.717) is 17.4 Å². The zero-order valence-corrected chi connectivity index (χ0v) is 9.42. The van der Waals surface area contributed by atoms with Crippen LogP contribution in [0.4, 0.5) is 5.82 Å². The predicted octanol–water partition coefficient (Wildman–Crippen LogP) is 1.80. The number of rotatable bonds is 4. The molecule has 1 aromatic heterocycles. The van der Waals surface area contributed by atoms with Gasteiger partial charge in [0, 0.05) is 13.1 Å². The monoisotopic (exact) mass is 231 g/mol. The molecule has 88 valence electrons. The van der Waals surface area contributed by atoms with Crippen LogP contribution in [0.3, 0.4) is 0 Å². The van der Waals surface area contributed by atoms with Crippen molar-refractivity contribution in [3.8, 4) is 11.6 Å². The normalized spacial score (nSPS) is 10.0. The van der Waals surface area contributed by atoms with E-state index in [1.54, 1.807) is 25.2 Å². The first-order valence-electron chi connectivity index (χ1n) is 5.19. The summed E-state index contributed by atoms with van der Waals surface area (Å²) in [5.74, 6) is 1.78. The minimum Gasteiger partial charge on any atom is -0.439 e. The van der Waals surface area contributed by atoms with E-state index in [0.717, 1.165) is 5.56 Å². The Bertz CT molecular complexity index is 457. The van der Waals surface area contributed by atoms with Crippen LogP contribution in [-0.4, -0.2) is 22.1 Å². The van der Waals surface area contributed by atoms with Crippen LogP contribution in [-0.2, 0) is 6.61 Å². The van der Waals surface area contributed by atoms with Gasteiger partial charge in [0.1, 0.15) is 17.9 Å². The summed E-state index contributed by atoms with van der Waals surface area (Å²) in [4.78, 5) is 7.99. The van der Waals surface area contributed by atoms with E-state index in [4.69, 9.17) is 9.84 Å². The molecule has 0 spiro atoms. The van der Waals surface area contributed by atoms with Gasteiger partial charge < -0.3 is 15.2 Å². The van der Waals surface area contributed by atoms with E-state index in [-0.39, 0.29) is 6.61 Å². The van der Waals surface area contributed by atoms with Gasteiger partial charge in [-0.3, -0.25) is 0 Å². The van der Waals surface area contributed by atoms with Gasteiger partial charge in [-0.2, -0.15) is 0 Å². The zero-order chi connectivity index (χ0) is 12.1. The predicted molar refractivity (Wildman–Crippen MR) is 64.0 cm³/mol. The number of aliphatic hydroxyl groups is 1. The molecule has 1 heterocycles. The van der Waals surface area contributed by atoms with Crippen LogP contribution < -0.4 is 10.1 Å². The van der Waals surface area contributed by atoms with Crippen molar-refractivity contribution in [3.05, 3.63) is 42.2 Å². The molecule has 0 saturated carbocycles. The van der Waals surface area contributed by atoms with Crippen molar-refractivity contribution < 1.29 is 9.84 Å². The smallest absolute Gasteiger partial charge is 0.224 e. The van der Waals surface area contributed by atoms with Gasteiger partial charge in [0.2, 0.25) is 5.88 Å². The Morgan fingerprint density at radius 2 is 2.18 bits per heavy atom. The minimum absolute atomic E-state index is 0.0112. The van der Waals surface area contributed by atoms with Crippen LogP contribution in [0.5, 0.6) is 11.6 Å². The second kappa shape index (κ2) is 5.27. The minimum atomic E-state index is -0.0112. The molecule has 5 nitrogen and oxygen atoms in total. The Balaban J connectivity index is 2.18. The number of nitrogens with zero attached hydrogens (tertiary/aromatic N) is 2. The van der Waals surface area contributed by atoms with Crippen molar-refractivity contribution >= 4 is 5.82 Å². The maximum absolute atomic E-state index is 9.02. The lowest BCUT2D eigenvalue weighted by molar-refractivity contribution is 0.281. The molecule has 0 atom stereocenters. The van der Waals surface area contributed by atoms with Gasteiger partial charge in [-0.1, -0.05) is 12.1 Å². The van der Waals surface area contributed by atoms with Crippen LogP contribution >= 0.6 is 0 Å².